The Bertz CT molecular complexity index is 520. The highest BCUT2D eigenvalue weighted by molar-refractivity contribution is 6.18. The first-order valence-electron chi connectivity index (χ1n) is 5.22. The second-order valence-electron chi connectivity index (χ2n) is 3.58. The molecule has 0 aliphatic carbocycles. The molecule has 2 N–H and O–H groups in total. The molecule has 0 unspecified atom stereocenters. The second kappa shape index (κ2) is 6.64. The molecule has 0 radical (unpaired) electrons. The molecule has 0 bridgehead atoms. The molecule has 9 heteroatoms. The maximum atomic E-state index is 11.2. The highest BCUT2D eigenvalue weighted by Crippen LogP contribution is 2.24. The van der Waals surface area contributed by atoms with Crippen molar-refractivity contribution in [2.24, 2.45) is 16.1 Å². The minimum atomic E-state index is -0.808. The van der Waals surface area contributed by atoms with Gasteiger partial charge in [-0.2, -0.15) is 0 Å². The van der Waals surface area contributed by atoms with Crippen LogP contribution in [0.5, 0.6) is 0 Å². The molecule has 0 atom stereocenters. The average molecular weight is 286 g/mol. The summed E-state index contributed by atoms with van der Waals surface area (Å²) in [6.07, 6.45) is 0. The number of benzene rings is 1. The van der Waals surface area contributed by atoms with E-state index in [2.05, 4.69) is 10.3 Å². The van der Waals surface area contributed by atoms with Crippen molar-refractivity contribution >= 4 is 28.9 Å². The first-order valence-corrected chi connectivity index (χ1v) is 5.76. The van der Waals surface area contributed by atoms with Crippen molar-refractivity contribution in [1.82, 2.24) is 5.01 Å². The van der Waals surface area contributed by atoms with Crippen molar-refractivity contribution in [2.75, 3.05) is 19.5 Å². The maximum absolute atomic E-state index is 11.2. The van der Waals surface area contributed by atoms with Gasteiger partial charge in [-0.1, -0.05) is 5.22 Å². The minimum Gasteiger partial charge on any atom is -0.366 e. The number of halogens is 1. The summed E-state index contributed by atoms with van der Waals surface area (Å²) in [5, 5.41) is 19.7. The lowest BCUT2D eigenvalue weighted by molar-refractivity contribution is -0.384. The Hall–Kier alpha value is -2.22. The second-order valence-corrected chi connectivity index (χ2v) is 3.96. The van der Waals surface area contributed by atoms with Gasteiger partial charge in [0.15, 0.2) is 0 Å². The SMILES string of the molecule is CN(CCCl)N=Nc1ccc([N+](=O)[O-])cc1C(N)=O. The predicted molar refractivity (Wildman–Crippen MR) is 69.5 cm³/mol. The first-order chi connectivity index (χ1) is 8.95. The Morgan fingerprint density at radius 1 is 1.58 bits per heavy atom. The van der Waals surface area contributed by atoms with Crippen LogP contribution in [0.3, 0.4) is 0 Å². The zero-order valence-corrected chi connectivity index (χ0v) is 10.9. The highest BCUT2D eigenvalue weighted by atomic mass is 35.5. The monoisotopic (exact) mass is 285 g/mol. The minimum absolute atomic E-state index is 0.0581. The Morgan fingerprint density at radius 2 is 2.26 bits per heavy atom. The summed E-state index contributed by atoms with van der Waals surface area (Å²) in [5.41, 5.74) is 5.02. The van der Waals surface area contributed by atoms with Crippen LogP contribution in [0.1, 0.15) is 10.4 Å². The molecular formula is C10H12ClN5O3. The molecule has 1 amide bonds. The normalized spacial score (nSPS) is 10.6. The molecule has 19 heavy (non-hydrogen) atoms. The number of amides is 1. The number of carbonyl (C=O) groups is 1. The molecule has 1 aromatic rings. The molecule has 0 spiro atoms. The van der Waals surface area contributed by atoms with Crippen molar-refractivity contribution in [3.05, 3.63) is 33.9 Å². The van der Waals surface area contributed by atoms with E-state index < -0.39 is 10.8 Å². The van der Waals surface area contributed by atoms with Gasteiger partial charge in [0.05, 0.1) is 17.0 Å². The number of hydrogen-bond donors (Lipinski definition) is 1. The van der Waals surface area contributed by atoms with Crippen LogP contribution in [0.15, 0.2) is 28.5 Å². The molecule has 0 aromatic heterocycles. The van der Waals surface area contributed by atoms with E-state index in [0.29, 0.717) is 12.4 Å². The number of primary amides is 1. The summed E-state index contributed by atoms with van der Waals surface area (Å²) in [6.45, 7) is 0.476. The van der Waals surface area contributed by atoms with Crippen LogP contribution in [-0.4, -0.2) is 35.3 Å². The molecule has 8 nitrogen and oxygen atoms in total. The zero-order chi connectivity index (χ0) is 14.4. The number of rotatable bonds is 6. The number of non-ortho nitro benzene ring substituents is 1. The molecule has 0 aliphatic rings. The van der Waals surface area contributed by atoms with Crippen molar-refractivity contribution in [1.29, 1.82) is 0 Å². The third kappa shape index (κ3) is 4.18. The fourth-order valence-corrected chi connectivity index (χ4v) is 1.46. The summed E-state index contributed by atoms with van der Waals surface area (Å²) in [6, 6.07) is 3.61. The maximum Gasteiger partial charge on any atom is 0.270 e. The van der Waals surface area contributed by atoms with Gasteiger partial charge >= 0.3 is 0 Å². The van der Waals surface area contributed by atoms with E-state index in [9.17, 15) is 14.9 Å². The number of nitro benzene ring substituents is 1. The van der Waals surface area contributed by atoms with Crippen molar-refractivity contribution < 1.29 is 9.72 Å². The van der Waals surface area contributed by atoms with Crippen LogP contribution < -0.4 is 5.73 Å². The number of nitro groups is 1. The number of carbonyl (C=O) groups excluding carboxylic acids is 1. The van der Waals surface area contributed by atoms with Crippen LogP contribution in [0.25, 0.3) is 0 Å². The third-order valence-electron chi connectivity index (χ3n) is 2.17. The van der Waals surface area contributed by atoms with Crippen LogP contribution in [0.2, 0.25) is 0 Å². The number of hydrogen-bond acceptors (Lipinski definition) is 5. The summed E-state index contributed by atoms with van der Waals surface area (Å²) < 4.78 is 0. The molecule has 0 fully saturated rings. The van der Waals surface area contributed by atoms with Gasteiger partial charge in [-0.15, -0.1) is 16.7 Å². The molecule has 1 aromatic carbocycles. The Kier molecular flexibility index (Phi) is 5.19. The molecule has 0 aliphatic heterocycles. The molecule has 0 heterocycles. The smallest absolute Gasteiger partial charge is 0.270 e. The topological polar surface area (TPSA) is 114 Å². The van der Waals surface area contributed by atoms with Crippen molar-refractivity contribution in [2.45, 2.75) is 0 Å². The lowest BCUT2D eigenvalue weighted by Gasteiger charge is -2.08. The molecule has 0 saturated carbocycles. The van der Waals surface area contributed by atoms with E-state index in [-0.39, 0.29) is 16.9 Å². The lowest BCUT2D eigenvalue weighted by atomic mass is 10.1. The van der Waals surface area contributed by atoms with E-state index in [4.69, 9.17) is 17.3 Å². The Balaban J connectivity index is 3.07. The summed E-state index contributed by atoms with van der Waals surface area (Å²) in [5.74, 6) is -0.434. The number of nitrogens with two attached hydrogens (primary N) is 1. The van der Waals surface area contributed by atoms with Gasteiger partial charge in [0.25, 0.3) is 11.6 Å². The first kappa shape index (κ1) is 14.8. The number of alkyl halides is 1. The zero-order valence-electron chi connectivity index (χ0n) is 10.1. The molecule has 0 saturated heterocycles. The van der Waals surface area contributed by atoms with Crippen LogP contribution in [-0.2, 0) is 0 Å². The summed E-state index contributed by atoms with van der Waals surface area (Å²) >= 11 is 5.52. The molecule has 1 rings (SSSR count). The van der Waals surface area contributed by atoms with E-state index in [1.165, 1.54) is 17.1 Å². The van der Waals surface area contributed by atoms with Crippen LogP contribution >= 0.6 is 11.6 Å². The summed E-state index contributed by atoms with van der Waals surface area (Å²) in [7, 11) is 1.65. The third-order valence-corrected chi connectivity index (χ3v) is 2.34. The summed E-state index contributed by atoms with van der Waals surface area (Å²) in [4.78, 5) is 21.2. The van der Waals surface area contributed by atoms with Crippen molar-refractivity contribution in [3.8, 4) is 0 Å². The average Bonchev–Trinajstić information content (AvgIpc) is 2.36. The standard InChI is InChI=1S/C10H12ClN5O3/c1-15(5-4-11)14-13-9-3-2-7(16(18)19)6-8(9)10(12)17/h2-3,6H,4-5H2,1H3,(H2,12,17). The van der Waals surface area contributed by atoms with Crippen molar-refractivity contribution in [3.63, 3.8) is 0 Å². The van der Waals surface area contributed by atoms with Gasteiger partial charge in [-0.3, -0.25) is 19.9 Å². The van der Waals surface area contributed by atoms with Gasteiger partial charge in [-0.25, -0.2) is 0 Å². The van der Waals surface area contributed by atoms with E-state index in [1.807, 2.05) is 0 Å². The fourth-order valence-electron chi connectivity index (χ4n) is 1.21. The van der Waals surface area contributed by atoms with Gasteiger partial charge in [0.2, 0.25) is 0 Å². The van der Waals surface area contributed by atoms with E-state index in [1.54, 1.807) is 7.05 Å². The van der Waals surface area contributed by atoms with Gasteiger partial charge in [-0.05, 0) is 6.07 Å². The highest BCUT2D eigenvalue weighted by Gasteiger charge is 2.14. The van der Waals surface area contributed by atoms with E-state index in [0.717, 1.165) is 6.07 Å². The molecular weight excluding hydrogens is 274 g/mol. The van der Waals surface area contributed by atoms with Gasteiger partial charge in [0.1, 0.15) is 5.69 Å². The number of nitrogens with zero attached hydrogens (tertiary/aromatic N) is 4. The fraction of sp³-hybridized carbons (Fsp3) is 0.300. The Labute approximate surface area is 114 Å². The van der Waals surface area contributed by atoms with E-state index >= 15 is 0 Å². The van der Waals surface area contributed by atoms with Crippen LogP contribution in [0.4, 0.5) is 11.4 Å². The Morgan fingerprint density at radius 3 is 2.79 bits per heavy atom. The predicted octanol–water partition coefficient (Wildman–Crippen LogP) is 1.86. The van der Waals surface area contributed by atoms with Crippen LogP contribution in [0, 0.1) is 10.1 Å². The molecule has 102 valence electrons. The largest absolute Gasteiger partial charge is 0.366 e. The van der Waals surface area contributed by atoms with Gasteiger partial charge in [0, 0.05) is 25.1 Å². The lowest BCUT2D eigenvalue weighted by Crippen LogP contribution is -2.13. The van der Waals surface area contributed by atoms with Gasteiger partial charge < -0.3 is 5.73 Å². The quantitative estimate of drug-likeness (QED) is 0.372.